The Morgan fingerprint density at radius 1 is 1.29 bits per heavy atom. The Balaban J connectivity index is 2.32. The Bertz CT molecular complexity index is 747. The summed E-state index contributed by atoms with van der Waals surface area (Å²) in [6.07, 6.45) is 1.20. The van der Waals surface area contributed by atoms with Crippen molar-refractivity contribution in [2.24, 2.45) is 0 Å². The molecule has 0 fully saturated rings. The Kier molecular flexibility index (Phi) is 5.51. The van der Waals surface area contributed by atoms with Gasteiger partial charge in [0.1, 0.15) is 10.0 Å². The third-order valence-electron chi connectivity index (χ3n) is 2.72. The van der Waals surface area contributed by atoms with Crippen molar-refractivity contribution in [3.63, 3.8) is 0 Å². The molecule has 0 saturated carbocycles. The molecule has 2 aromatic heterocycles. The molecule has 4 nitrogen and oxygen atoms in total. The summed E-state index contributed by atoms with van der Waals surface area (Å²) in [7, 11) is -3.69. The van der Waals surface area contributed by atoms with E-state index < -0.39 is 10.0 Å². The van der Waals surface area contributed by atoms with Crippen LogP contribution in [0.4, 0.5) is 0 Å². The van der Waals surface area contributed by atoms with Crippen LogP contribution < -0.4 is 0 Å². The highest BCUT2D eigenvalue weighted by atomic mass is 35.5. The van der Waals surface area contributed by atoms with Crippen molar-refractivity contribution in [3.8, 4) is 0 Å². The fourth-order valence-corrected chi connectivity index (χ4v) is 4.59. The maximum atomic E-state index is 12.6. The van der Waals surface area contributed by atoms with Gasteiger partial charge in [-0.15, -0.1) is 11.3 Å². The van der Waals surface area contributed by atoms with Gasteiger partial charge in [0, 0.05) is 24.2 Å². The van der Waals surface area contributed by atoms with Crippen molar-refractivity contribution in [3.05, 3.63) is 43.8 Å². The van der Waals surface area contributed by atoms with E-state index in [4.69, 9.17) is 34.8 Å². The number of sulfonamides is 1. The molecule has 21 heavy (non-hydrogen) atoms. The van der Waals surface area contributed by atoms with Crippen LogP contribution in [0.3, 0.4) is 0 Å². The van der Waals surface area contributed by atoms with E-state index in [-0.39, 0.29) is 21.6 Å². The average molecular weight is 386 g/mol. The van der Waals surface area contributed by atoms with E-state index in [1.807, 2.05) is 0 Å². The molecule has 0 bridgehead atoms. The van der Waals surface area contributed by atoms with Gasteiger partial charge in [0.2, 0.25) is 10.0 Å². The van der Waals surface area contributed by atoms with Crippen LogP contribution in [0, 0.1) is 0 Å². The molecule has 0 unspecified atom stereocenters. The maximum Gasteiger partial charge on any atom is 0.244 e. The smallest absolute Gasteiger partial charge is 0.242 e. The van der Waals surface area contributed by atoms with Crippen LogP contribution in [0.1, 0.15) is 11.8 Å². The largest absolute Gasteiger partial charge is 0.244 e. The van der Waals surface area contributed by atoms with Gasteiger partial charge in [-0.25, -0.2) is 13.4 Å². The van der Waals surface area contributed by atoms with E-state index in [9.17, 15) is 8.42 Å². The van der Waals surface area contributed by atoms with Crippen LogP contribution >= 0.6 is 46.1 Å². The number of thiophene rings is 1. The highest BCUT2D eigenvalue weighted by Gasteiger charge is 2.25. The summed E-state index contributed by atoms with van der Waals surface area (Å²) in [5.74, 6) is 0. The Morgan fingerprint density at radius 2 is 2.00 bits per heavy atom. The molecule has 114 valence electrons. The van der Waals surface area contributed by atoms with Crippen LogP contribution in [-0.4, -0.2) is 24.3 Å². The van der Waals surface area contributed by atoms with Crippen molar-refractivity contribution in [1.29, 1.82) is 0 Å². The molecule has 2 heterocycles. The lowest BCUT2D eigenvalue weighted by molar-refractivity contribution is 0.426. The second-order valence-corrected chi connectivity index (χ2v) is 8.58. The van der Waals surface area contributed by atoms with Crippen LogP contribution in [-0.2, 0) is 16.6 Å². The summed E-state index contributed by atoms with van der Waals surface area (Å²) in [6.45, 7) is 2.33. The zero-order chi connectivity index (χ0) is 15.6. The van der Waals surface area contributed by atoms with E-state index in [1.54, 1.807) is 19.1 Å². The number of halogens is 3. The van der Waals surface area contributed by atoms with Crippen molar-refractivity contribution in [2.75, 3.05) is 6.54 Å². The van der Waals surface area contributed by atoms with E-state index >= 15 is 0 Å². The quantitative estimate of drug-likeness (QED) is 0.720. The summed E-state index contributed by atoms with van der Waals surface area (Å²) in [5, 5.41) is 0.177. The molecule has 0 radical (unpaired) electrons. The maximum absolute atomic E-state index is 12.6. The predicted octanol–water partition coefficient (Wildman–Crippen LogP) is 4.31. The minimum absolute atomic E-state index is 0.0152. The van der Waals surface area contributed by atoms with E-state index in [0.717, 1.165) is 4.88 Å². The third kappa shape index (κ3) is 3.88. The fraction of sp³-hybridized carbons (Fsp3) is 0.250. The van der Waals surface area contributed by atoms with Crippen molar-refractivity contribution in [2.45, 2.75) is 18.4 Å². The molecule has 0 N–H and O–H groups in total. The number of pyridine rings is 1. The van der Waals surface area contributed by atoms with Gasteiger partial charge in [0.15, 0.2) is 0 Å². The summed E-state index contributed by atoms with van der Waals surface area (Å²) >= 11 is 18.8. The van der Waals surface area contributed by atoms with Crippen molar-refractivity contribution >= 4 is 56.2 Å². The summed E-state index contributed by atoms with van der Waals surface area (Å²) in [6, 6.07) is 4.84. The topological polar surface area (TPSA) is 50.3 Å². The zero-order valence-electron chi connectivity index (χ0n) is 10.9. The summed E-state index contributed by atoms with van der Waals surface area (Å²) < 4.78 is 27.1. The third-order valence-corrected chi connectivity index (χ3v) is 6.51. The van der Waals surface area contributed by atoms with Crippen molar-refractivity contribution in [1.82, 2.24) is 9.29 Å². The van der Waals surface area contributed by atoms with Crippen LogP contribution in [0.2, 0.25) is 14.5 Å². The number of hydrogen-bond acceptors (Lipinski definition) is 4. The Hall–Kier alpha value is -0.370. The number of rotatable bonds is 5. The van der Waals surface area contributed by atoms with Gasteiger partial charge in [-0.2, -0.15) is 4.31 Å². The molecule has 0 aliphatic heterocycles. The summed E-state index contributed by atoms with van der Waals surface area (Å²) in [5.41, 5.74) is 0. The number of aromatic nitrogens is 1. The van der Waals surface area contributed by atoms with Gasteiger partial charge in [-0.1, -0.05) is 41.7 Å². The molecular weight excluding hydrogens is 375 g/mol. The SMILES string of the molecule is CCN(Cc1ccc(Cl)s1)S(=O)(=O)c1cnc(Cl)c(Cl)c1. The zero-order valence-corrected chi connectivity index (χ0v) is 14.8. The minimum atomic E-state index is -3.69. The first-order valence-corrected chi connectivity index (χ1v) is 9.29. The van der Waals surface area contributed by atoms with Gasteiger partial charge < -0.3 is 0 Å². The lowest BCUT2D eigenvalue weighted by Crippen LogP contribution is -2.30. The highest BCUT2D eigenvalue weighted by molar-refractivity contribution is 7.89. The van der Waals surface area contributed by atoms with Crippen LogP contribution in [0.5, 0.6) is 0 Å². The van der Waals surface area contributed by atoms with Gasteiger partial charge in [0.05, 0.1) is 9.36 Å². The second kappa shape index (κ2) is 6.81. The molecular formula is C12H11Cl3N2O2S2. The first-order chi connectivity index (χ1) is 9.84. The average Bonchev–Trinajstić information content (AvgIpc) is 2.84. The van der Waals surface area contributed by atoms with Crippen LogP contribution in [0.15, 0.2) is 29.3 Å². The standard InChI is InChI=1S/C12H11Cl3N2O2S2/c1-2-17(7-8-3-4-11(14)20-8)21(18,19)9-5-10(13)12(15)16-6-9/h3-6H,2,7H2,1H3. The Morgan fingerprint density at radius 3 is 2.52 bits per heavy atom. The Labute approximate surface area is 142 Å². The highest BCUT2D eigenvalue weighted by Crippen LogP contribution is 2.27. The molecule has 9 heteroatoms. The molecule has 0 atom stereocenters. The normalized spacial score (nSPS) is 12.0. The molecule has 0 spiro atoms. The molecule has 2 aromatic rings. The first kappa shape index (κ1) is 17.0. The first-order valence-electron chi connectivity index (χ1n) is 5.90. The van der Waals surface area contributed by atoms with Gasteiger partial charge in [-0.05, 0) is 18.2 Å². The molecule has 0 saturated heterocycles. The van der Waals surface area contributed by atoms with Gasteiger partial charge in [0.25, 0.3) is 0 Å². The number of hydrogen-bond donors (Lipinski definition) is 0. The molecule has 0 aliphatic carbocycles. The minimum Gasteiger partial charge on any atom is -0.242 e. The van der Waals surface area contributed by atoms with E-state index in [1.165, 1.54) is 27.9 Å². The van der Waals surface area contributed by atoms with Gasteiger partial charge in [-0.3, -0.25) is 0 Å². The molecule has 0 aromatic carbocycles. The van der Waals surface area contributed by atoms with E-state index in [0.29, 0.717) is 10.9 Å². The molecule has 0 amide bonds. The van der Waals surface area contributed by atoms with Crippen LogP contribution in [0.25, 0.3) is 0 Å². The lowest BCUT2D eigenvalue weighted by atomic mass is 10.4. The van der Waals surface area contributed by atoms with Gasteiger partial charge >= 0.3 is 0 Å². The van der Waals surface area contributed by atoms with E-state index in [2.05, 4.69) is 4.98 Å². The van der Waals surface area contributed by atoms with Crippen molar-refractivity contribution < 1.29 is 8.42 Å². The summed E-state index contributed by atoms with van der Waals surface area (Å²) in [4.78, 5) is 4.66. The predicted molar refractivity (Wildman–Crippen MR) is 86.9 cm³/mol. The fourth-order valence-electron chi connectivity index (χ4n) is 1.67. The second-order valence-electron chi connectivity index (χ2n) is 4.08. The number of nitrogens with zero attached hydrogens (tertiary/aromatic N) is 2. The monoisotopic (exact) mass is 384 g/mol. The molecule has 0 aliphatic rings. The molecule has 2 rings (SSSR count). The lowest BCUT2D eigenvalue weighted by Gasteiger charge is -2.19.